The van der Waals surface area contributed by atoms with Crippen molar-refractivity contribution in [1.82, 2.24) is 10.3 Å². The number of nitrogens with one attached hydrogen (secondary N) is 1. The Morgan fingerprint density at radius 3 is 2.65 bits per heavy atom. The lowest BCUT2D eigenvalue weighted by molar-refractivity contribution is 0.227. The summed E-state index contributed by atoms with van der Waals surface area (Å²) in [7, 11) is 0. The molecule has 1 N–H and O–H groups in total. The Hall–Kier alpha value is -1.09. The zero-order chi connectivity index (χ0) is 14.8. The third-order valence-corrected chi connectivity index (χ3v) is 5.00. The average Bonchev–Trinajstić information content (AvgIpc) is 2.47. The monoisotopic (exact) mass is 275 g/mol. The lowest BCUT2D eigenvalue weighted by atomic mass is 9.86. The molecule has 112 valence electrons. The standard InChI is InChI=1S/C17H29N3/c1-6-17(7-2)12-20(15(11-19-17)13(3)4)16-10-18-9-8-14(16)5/h8-10,13,15,19H,6-7,11-12H2,1-5H3. The number of pyridine rings is 1. The van der Waals surface area contributed by atoms with E-state index in [9.17, 15) is 0 Å². The smallest absolute Gasteiger partial charge is 0.0586 e. The second-order valence-electron chi connectivity index (χ2n) is 6.47. The molecule has 1 atom stereocenters. The van der Waals surface area contributed by atoms with Crippen LogP contribution in [0.2, 0.25) is 0 Å². The minimum atomic E-state index is 0.244. The Morgan fingerprint density at radius 1 is 1.40 bits per heavy atom. The number of aromatic nitrogens is 1. The highest BCUT2D eigenvalue weighted by Gasteiger charge is 2.38. The highest BCUT2D eigenvalue weighted by molar-refractivity contribution is 5.53. The van der Waals surface area contributed by atoms with Gasteiger partial charge in [0, 0.05) is 30.9 Å². The van der Waals surface area contributed by atoms with E-state index in [1.807, 2.05) is 12.4 Å². The van der Waals surface area contributed by atoms with E-state index in [1.165, 1.54) is 24.1 Å². The van der Waals surface area contributed by atoms with Gasteiger partial charge in [0.05, 0.1) is 11.9 Å². The topological polar surface area (TPSA) is 28.2 Å². The summed E-state index contributed by atoms with van der Waals surface area (Å²) in [6, 6.07) is 2.66. The van der Waals surface area contributed by atoms with Crippen LogP contribution in [-0.2, 0) is 0 Å². The molecule has 0 bridgehead atoms. The Bertz CT molecular complexity index is 438. The molecule has 0 aliphatic carbocycles. The molecule has 2 rings (SSSR count). The number of nitrogens with zero attached hydrogens (tertiary/aromatic N) is 2. The summed E-state index contributed by atoms with van der Waals surface area (Å²) in [5.41, 5.74) is 2.88. The van der Waals surface area contributed by atoms with Crippen molar-refractivity contribution in [3.63, 3.8) is 0 Å². The Balaban J connectivity index is 2.35. The molecular formula is C17H29N3. The number of hydrogen-bond acceptors (Lipinski definition) is 3. The molecule has 1 aliphatic rings. The molecule has 0 spiro atoms. The SMILES string of the molecule is CCC1(CC)CN(c2cnccc2C)C(C(C)C)CN1. The average molecular weight is 275 g/mol. The van der Waals surface area contributed by atoms with Crippen molar-refractivity contribution in [3.05, 3.63) is 24.0 Å². The van der Waals surface area contributed by atoms with Crippen LogP contribution in [0, 0.1) is 12.8 Å². The first kappa shape index (κ1) is 15.3. The minimum Gasteiger partial charge on any atom is -0.364 e. The van der Waals surface area contributed by atoms with Gasteiger partial charge in [0.25, 0.3) is 0 Å². The molecule has 2 heterocycles. The summed E-state index contributed by atoms with van der Waals surface area (Å²) < 4.78 is 0. The van der Waals surface area contributed by atoms with Crippen molar-refractivity contribution >= 4 is 5.69 Å². The fourth-order valence-electron chi connectivity index (χ4n) is 3.27. The van der Waals surface area contributed by atoms with Crippen molar-refractivity contribution < 1.29 is 0 Å². The summed E-state index contributed by atoms with van der Waals surface area (Å²) in [5, 5.41) is 3.82. The highest BCUT2D eigenvalue weighted by Crippen LogP contribution is 2.31. The first-order valence-corrected chi connectivity index (χ1v) is 7.95. The van der Waals surface area contributed by atoms with Crippen LogP contribution in [0.5, 0.6) is 0 Å². The van der Waals surface area contributed by atoms with Gasteiger partial charge in [0.1, 0.15) is 0 Å². The maximum absolute atomic E-state index is 4.35. The van der Waals surface area contributed by atoms with Gasteiger partial charge in [-0.1, -0.05) is 27.7 Å². The zero-order valence-electron chi connectivity index (χ0n) is 13.6. The molecule has 1 saturated heterocycles. The van der Waals surface area contributed by atoms with E-state index in [4.69, 9.17) is 0 Å². The molecular weight excluding hydrogens is 246 g/mol. The van der Waals surface area contributed by atoms with E-state index in [0.717, 1.165) is 13.1 Å². The van der Waals surface area contributed by atoms with Gasteiger partial charge in [-0.25, -0.2) is 0 Å². The normalized spacial score (nSPS) is 22.3. The first-order chi connectivity index (χ1) is 9.53. The van der Waals surface area contributed by atoms with Crippen molar-refractivity contribution in [1.29, 1.82) is 0 Å². The molecule has 0 radical (unpaired) electrons. The van der Waals surface area contributed by atoms with E-state index in [2.05, 4.69) is 55.9 Å². The molecule has 20 heavy (non-hydrogen) atoms. The lowest BCUT2D eigenvalue weighted by Gasteiger charge is -2.50. The number of aryl methyl sites for hydroxylation is 1. The maximum Gasteiger partial charge on any atom is 0.0586 e. The highest BCUT2D eigenvalue weighted by atomic mass is 15.3. The van der Waals surface area contributed by atoms with Crippen molar-refractivity contribution in [3.8, 4) is 0 Å². The Labute approximate surface area is 123 Å². The molecule has 1 unspecified atom stereocenters. The van der Waals surface area contributed by atoms with Gasteiger partial charge in [-0.2, -0.15) is 0 Å². The Kier molecular flexibility index (Phi) is 4.69. The van der Waals surface area contributed by atoms with Gasteiger partial charge in [-0.05, 0) is 37.3 Å². The van der Waals surface area contributed by atoms with Gasteiger partial charge in [-0.3, -0.25) is 4.98 Å². The van der Waals surface area contributed by atoms with E-state index in [0.29, 0.717) is 12.0 Å². The predicted octanol–water partition coefficient (Wildman–Crippen LogP) is 3.38. The molecule has 1 aromatic heterocycles. The van der Waals surface area contributed by atoms with Crippen LogP contribution in [0.4, 0.5) is 5.69 Å². The van der Waals surface area contributed by atoms with E-state index in [1.54, 1.807) is 0 Å². The second-order valence-corrected chi connectivity index (χ2v) is 6.47. The van der Waals surface area contributed by atoms with Crippen LogP contribution in [-0.4, -0.2) is 29.7 Å². The molecule has 0 amide bonds. The minimum absolute atomic E-state index is 0.244. The fourth-order valence-corrected chi connectivity index (χ4v) is 3.27. The molecule has 1 aromatic rings. The summed E-state index contributed by atoms with van der Waals surface area (Å²) >= 11 is 0. The van der Waals surface area contributed by atoms with Crippen molar-refractivity contribution in [2.45, 2.75) is 59.0 Å². The number of piperazine rings is 1. The van der Waals surface area contributed by atoms with E-state index < -0.39 is 0 Å². The predicted molar refractivity (Wildman–Crippen MR) is 86.3 cm³/mol. The molecule has 0 aromatic carbocycles. The van der Waals surface area contributed by atoms with Crippen LogP contribution in [0.3, 0.4) is 0 Å². The molecule has 3 heteroatoms. The van der Waals surface area contributed by atoms with Gasteiger partial charge >= 0.3 is 0 Å². The molecule has 3 nitrogen and oxygen atoms in total. The van der Waals surface area contributed by atoms with Gasteiger partial charge in [0.2, 0.25) is 0 Å². The zero-order valence-corrected chi connectivity index (χ0v) is 13.6. The first-order valence-electron chi connectivity index (χ1n) is 7.95. The lowest BCUT2D eigenvalue weighted by Crippen LogP contribution is -2.65. The van der Waals surface area contributed by atoms with Crippen LogP contribution in [0.1, 0.15) is 46.1 Å². The third-order valence-electron chi connectivity index (χ3n) is 5.00. The molecule has 0 saturated carbocycles. The van der Waals surface area contributed by atoms with E-state index in [-0.39, 0.29) is 5.54 Å². The van der Waals surface area contributed by atoms with Gasteiger partial charge < -0.3 is 10.2 Å². The molecule has 1 fully saturated rings. The van der Waals surface area contributed by atoms with E-state index >= 15 is 0 Å². The summed E-state index contributed by atoms with van der Waals surface area (Å²) in [6.45, 7) is 13.5. The van der Waals surface area contributed by atoms with Crippen LogP contribution >= 0.6 is 0 Å². The fraction of sp³-hybridized carbons (Fsp3) is 0.706. The van der Waals surface area contributed by atoms with Crippen LogP contribution in [0.15, 0.2) is 18.5 Å². The summed E-state index contributed by atoms with van der Waals surface area (Å²) in [6.07, 6.45) is 6.26. The third kappa shape index (κ3) is 2.83. The largest absolute Gasteiger partial charge is 0.364 e. The second kappa shape index (κ2) is 6.13. The number of rotatable bonds is 4. The maximum atomic E-state index is 4.35. The van der Waals surface area contributed by atoms with Gasteiger partial charge in [-0.15, -0.1) is 0 Å². The molecule has 1 aliphatic heterocycles. The van der Waals surface area contributed by atoms with Crippen LogP contribution < -0.4 is 10.2 Å². The summed E-state index contributed by atoms with van der Waals surface area (Å²) in [5.74, 6) is 0.633. The number of anilines is 1. The number of hydrogen-bond donors (Lipinski definition) is 1. The van der Waals surface area contributed by atoms with Crippen LogP contribution in [0.25, 0.3) is 0 Å². The quantitative estimate of drug-likeness (QED) is 0.913. The van der Waals surface area contributed by atoms with Crippen molar-refractivity contribution in [2.75, 3.05) is 18.0 Å². The van der Waals surface area contributed by atoms with Gasteiger partial charge in [0.15, 0.2) is 0 Å². The summed E-state index contributed by atoms with van der Waals surface area (Å²) in [4.78, 5) is 6.95. The Morgan fingerprint density at radius 2 is 2.10 bits per heavy atom. The van der Waals surface area contributed by atoms with Crippen molar-refractivity contribution in [2.24, 2.45) is 5.92 Å².